The Morgan fingerprint density at radius 2 is 1.76 bits per heavy atom. The zero-order chi connectivity index (χ0) is 20.2. The van der Waals surface area contributed by atoms with E-state index in [1.165, 1.54) is 11.3 Å². The van der Waals surface area contributed by atoms with Crippen molar-refractivity contribution in [3.05, 3.63) is 101 Å². The fourth-order valence-electron chi connectivity index (χ4n) is 3.13. The summed E-state index contributed by atoms with van der Waals surface area (Å²) < 4.78 is 8.92. The normalized spacial score (nSPS) is 11.6. The number of rotatable bonds is 5. The Bertz CT molecular complexity index is 1240. The van der Waals surface area contributed by atoms with E-state index in [1.807, 2.05) is 53.1 Å². The first kappa shape index (κ1) is 18.9. The average molecular weight is 401 g/mol. The highest BCUT2D eigenvalue weighted by molar-refractivity contribution is 7.16. The predicted octanol–water partition coefficient (Wildman–Crippen LogP) is 5.73. The first-order valence-corrected chi connectivity index (χ1v) is 10.1. The molecular weight excluding hydrogens is 380 g/mol. The number of thiazole rings is 1. The topological polar surface area (TPSA) is 43.6 Å². The lowest BCUT2D eigenvalue weighted by molar-refractivity contribution is 0.0998. The van der Waals surface area contributed by atoms with E-state index in [1.54, 1.807) is 24.3 Å². The quantitative estimate of drug-likeness (QED) is 0.402. The van der Waals surface area contributed by atoms with Gasteiger partial charge in [-0.1, -0.05) is 47.7 Å². The van der Waals surface area contributed by atoms with Crippen LogP contribution in [0.1, 0.15) is 15.9 Å². The number of fused-ring (bicyclic) bond motifs is 1. The third kappa shape index (κ3) is 4.05. The number of amides is 1. The third-order valence-electron chi connectivity index (χ3n) is 4.49. The van der Waals surface area contributed by atoms with Gasteiger partial charge < -0.3 is 9.30 Å². The molecule has 4 aromatic rings. The van der Waals surface area contributed by atoms with Crippen molar-refractivity contribution in [3.8, 4) is 11.5 Å². The van der Waals surface area contributed by atoms with Crippen LogP contribution >= 0.6 is 11.3 Å². The van der Waals surface area contributed by atoms with Crippen molar-refractivity contribution in [2.24, 2.45) is 4.99 Å². The highest BCUT2D eigenvalue weighted by Gasteiger charge is 2.10. The highest BCUT2D eigenvalue weighted by Crippen LogP contribution is 2.22. The SMILES string of the molecule is C=CCn1c(=NC(=O)c2ccc(Oc3ccccc3)cc2)sc2cccc(C)c21. The van der Waals surface area contributed by atoms with E-state index in [2.05, 4.69) is 24.6 Å². The smallest absolute Gasteiger partial charge is 0.279 e. The number of aryl methyl sites for hydroxylation is 1. The Labute approximate surface area is 173 Å². The van der Waals surface area contributed by atoms with Crippen LogP contribution < -0.4 is 9.54 Å². The molecule has 4 nitrogen and oxygen atoms in total. The molecule has 5 heteroatoms. The summed E-state index contributed by atoms with van der Waals surface area (Å²) in [5.41, 5.74) is 2.76. The number of aromatic nitrogens is 1. The van der Waals surface area contributed by atoms with Crippen molar-refractivity contribution in [2.45, 2.75) is 13.5 Å². The number of hydrogen-bond donors (Lipinski definition) is 0. The summed E-state index contributed by atoms with van der Waals surface area (Å²) in [4.78, 5) is 17.8. The molecule has 3 aromatic carbocycles. The second-order valence-corrected chi connectivity index (χ2v) is 7.57. The van der Waals surface area contributed by atoms with E-state index in [9.17, 15) is 4.79 Å². The molecule has 1 heterocycles. The van der Waals surface area contributed by atoms with Crippen molar-refractivity contribution in [1.29, 1.82) is 0 Å². The van der Waals surface area contributed by atoms with Gasteiger partial charge in [0.25, 0.3) is 5.91 Å². The molecule has 0 aliphatic rings. The summed E-state index contributed by atoms with van der Waals surface area (Å²) in [6, 6.07) is 22.7. The predicted molar refractivity (Wildman–Crippen MR) is 118 cm³/mol. The number of carbonyl (C=O) groups is 1. The van der Waals surface area contributed by atoms with Gasteiger partial charge in [0.15, 0.2) is 4.80 Å². The van der Waals surface area contributed by atoms with Crippen LogP contribution in [0, 0.1) is 6.92 Å². The number of benzene rings is 3. The zero-order valence-electron chi connectivity index (χ0n) is 16.0. The molecule has 29 heavy (non-hydrogen) atoms. The van der Waals surface area contributed by atoms with Gasteiger partial charge in [0.05, 0.1) is 10.2 Å². The van der Waals surface area contributed by atoms with Crippen LogP contribution in [-0.4, -0.2) is 10.5 Å². The van der Waals surface area contributed by atoms with Crippen molar-refractivity contribution in [1.82, 2.24) is 4.57 Å². The van der Waals surface area contributed by atoms with Gasteiger partial charge >= 0.3 is 0 Å². The maximum Gasteiger partial charge on any atom is 0.279 e. The van der Waals surface area contributed by atoms with Crippen LogP contribution in [0.2, 0.25) is 0 Å². The standard InChI is InChI=1S/C24H20N2O2S/c1-3-16-26-22-17(2)8-7-11-21(22)29-24(26)25-23(27)18-12-14-20(15-13-18)28-19-9-5-4-6-10-19/h3-15H,1,16H2,2H3. The molecule has 0 radical (unpaired) electrons. The fourth-order valence-corrected chi connectivity index (χ4v) is 4.25. The maximum absolute atomic E-state index is 12.8. The van der Waals surface area contributed by atoms with Crippen molar-refractivity contribution in [2.75, 3.05) is 0 Å². The molecule has 0 aliphatic heterocycles. The molecule has 0 spiro atoms. The minimum absolute atomic E-state index is 0.279. The first-order chi connectivity index (χ1) is 14.2. The molecule has 0 aliphatic carbocycles. The summed E-state index contributed by atoms with van der Waals surface area (Å²) in [5, 5.41) is 0. The van der Waals surface area contributed by atoms with Crippen molar-refractivity contribution in [3.63, 3.8) is 0 Å². The van der Waals surface area contributed by atoms with E-state index in [0.717, 1.165) is 21.5 Å². The fraction of sp³-hybridized carbons (Fsp3) is 0.0833. The van der Waals surface area contributed by atoms with Crippen LogP contribution in [0.25, 0.3) is 10.2 Å². The zero-order valence-corrected chi connectivity index (χ0v) is 16.9. The second kappa shape index (κ2) is 8.29. The number of ether oxygens (including phenoxy) is 1. The third-order valence-corrected chi connectivity index (χ3v) is 5.54. The number of allylic oxidation sites excluding steroid dienone is 1. The van der Waals surface area contributed by atoms with Crippen LogP contribution in [-0.2, 0) is 6.54 Å². The number of hydrogen-bond acceptors (Lipinski definition) is 3. The van der Waals surface area contributed by atoms with Crippen LogP contribution in [0.15, 0.2) is 90.4 Å². The minimum Gasteiger partial charge on any atom is -0.457 e. The number of nitrogens with zero attached hydrogens (tertiary/aromatic N) is 2. The summed E-state index contributed by atoms with van der Waals surface area (Å²) >= 11 is 1.51. The first-order valence-electron chi connectivity index (χ1n) is 9.27. The lowest BCUT2D eigenvalue weighted by Gasteiger charge is -2.05. The molecule has 1 amide bonds. The van der Waals surface area contributed by atoms with Crippen LogP contribution in [0.4, 0.5) is 0 Å². The van der Waals surface area contributed by atoms with Crippen LogP contribution in [0.3, 0.4) is 0 Å². The second-order valence-electron chi connectivity index (χ2n) is 6.56. The summed E-state index contributed by atoms with van der Waals surface area (Å²) in [6.07, 6.45) is 1.82. The summed E-state index contributed by atoms with van der Waals surface area (Å²) in [5.74, 6) is 1.15. The number of para-hydroxylation sites is 2. The summed E-state index contributed by atoms with van der Waals surface area (Å²) in [6.45, 7) is 6.50. The highest BCUT2D eigenvalue weighted by atomic mass is 32.1. The molecule has 0 bridgehead atoms. The Hall–Kier alpha value is -3.44. The lowest BCUT2D eigenvalue weighted by atomic mass is 10.2. The van der Waals surface area contributed by atoms with Gasteiger partial charge in [0, 0.05) is 12.1 Å². The van der Waals surface area contributed by atoms with Gasteiger partial charge in [-0.3, -0.25) is 4.79 Å². The summed E-state index contributed by atoms with van der Waals surface area (Å²) in [7, 11) is 0. The molecule has 0 fully saturated rings. The van der Waals surface area contributed by atoms with E-state index in [0.29, 0.717) is 22.7 Å². The molecule has 0 saturated carbocycles. The van der Waals surface area contributed by atoms with Gasteiger partial charge in [0.2, 0.25) is 0 Å². The van der Waals surface area contributed by atoms with Crippen molar-refractivity contribution < 1.29 is 9.53 Å². The van der Waals surface area contributed by atoms with Gasteiger partial charge in [-0.2, -0.15) is 4.99 Å². The van der Waals surface area contributed by atoms with Gasteiger partial charge in [-0.25, -0.2) is 0 Å². The average Bonchev–Trinajstić information content (AvgIpc) is 3.08. The molecule has 0 N–H and O–H groups in total. The molecular formula is C24H20N2O2S. The monoisotopic (exact) mass is 400 g/mol. The van der Waals surface area contributed by atoms with E-state index in [4.69, 9.17) is 4.74 Å². The van der Waals surface area contributed by atoms with E-state index >= 15 is 0 Å². The van der Waals surface area contributed by atoms with E-state index < -0.39 is 0 Å². The minimum atomic E-state index is -0.279. The van der Waals surface area contributed by atoms with Gasteiger partial charge in [0.1, 0.15) is 11.5 Å². The van der Waals surface area contributed by atoms with Gasteiger partial charge in [-0.15, -0.1) is 6.58 Å². The molecule has 0 unspecified atom stereocenters. The Morgan fingerprint density at radius 3 is 2.48 bits per heavy atom. The Balaban J connectivity index is 1.65. The largest absolute Gasteiger partial charge is 0.457 e. The van der Waals surface area contributed by atoms with Crippen LogP contribution in [0.5, 0.6) is 11.5 Å². The molecule has 0 atom stereocenters. The number of carbonyl (C=O) groups excluding carboxylic acids is 1. The Morgan fingerprint density at radius 1 is 1.03 bits per heavy atom. The molecule has 144 valence electrons. The van der Waals surface area contributed by atoms with Crippen molar-refractivity contribution >= 4 is 27.5 Å². The molecule has 4 rings (SSSR count). The van der Waals surface area contributed by atoms with Gasteiger partial charge in [-0.05, 0) is 55.0 Å². The molecule has 0 saturated heterocycles. The lowest BCUT2D eigenvalue weighted by Crippen LogP contribution is -2.16. The molecule has 1 aromatic heterocycles. The van der Waals surface area contributed by atoms with E-state index in [-0.39, 0.29) is 5.91 Å². The Kier molecular flexibility index (Phi) is 5.40. The maximum atomic E-state index is 12.8.